The lowest BCUT2D eigenvalue weighted by Gasteiger charge is -2.27. The van der Waals surface area contributed by atoms with Crippen LogP contribution in [0.25, 0.3) is 10.4 Å². The molecule has 0 saturated carbocycles. The molecule has 2 aliphatic heterocycles. The van der Waals surface area contributed by atoms with Gasteiger partial charge in [-0.2, -0.15) is 0 Å². The van der Waals surface area contributed by atoms with Gasteiger partial charge >= 0.3 is 0 Å². The van der Waals surface area contributed by atoms with Crippen LogP contribution in [0.4, 0.5) is 5.69 Å². The molecule has 1 atom stereocenters. The summed E-state index contributed by atoms with van der Waals surface area (Å²) < 4.78 is 11.3. The molecule has 3 rings (SSSR count). The summed E-state index contributed by atoms with van der Waals surface area (Å²) in [6, 6.07) is 3.58. The molecule has 2 aliphatic rings. The number of amides is 5. The molecule has 1 unspecified atom stereocenters. The molecule has 43 heavy (non-hydrogen) atoms. The van der Waals surface area contributed by atoms with Crippen LogP contribution in [0.5, 0.6) is 0 Å². The van der Waals surface area contributed by atoms with Gasteiger partial charge in [-0.3, -0.25) is 34.2 Å². The number of ether oxygens (including phenoxy) is 2. The van der Waals surface area contributed by atoms with Crippen LogP contribution in [0.1, 0.15) is 104 Å². The molecule has 0 bridgehead atoms. The number of hydrogen-bond acceptors (Lipinski definition) is 8. The van der Waals surface area contributed by atoms with E-state index in [1.54, 1.807) is 12.1 Å². The number of fused-ring (bicyclic) bond motifs is 1. The first-order chi connectivity index (χ1) is 20.9. The summed E-state index contributed by atoms with van der Waals surface area (Å²) in [6.07, 6.45) is 9.84. The highest BCUT2D eigenvalue weighted by Crippen LogP contribution is 2.32. The monoisotopic (exact) mass is 598 g/mol. The number of carbonyl (C=O) groups excluding carboxylic acids is 5. The second kappa shape index (κ2) is 18.7. The van der Waals surface area contributed by atoms with Gasteiger partial charge < -0.3 is 14.8 Å². The molecular weight excluding hydrogens is 556 g/mol. The second-order valence-electron chi connectivity index (χ2n) is 10.7. The van der Waals surface area contributed by atoms with Crippen molar-refractivity contribution < 1.29 is 33.4 Å². The largest absolute Gasteiger partial charge is 0.381 e. The van der Waals surface area contributed by atoms with Gasteiger partial charge in [0, 0.05) is 50.7 Å². The summed E-state index contributed by atoms with van der Waals surface area (Å²) in [7, 11) is 0. The summed E-state index contributed by atoms with van der Waals surface area (Å²) in [6.45, 7) is 3.43. The zero-order valence-corrected chi connectivity index (χ0v) is 24.7. The molecule has 0 aliphatic carbocycles. The normalized spacial score (nSPS) is 16.2. The third-order valence-electron chi connectivity index (χ3n) is 7.37. The van der Waals surface area contributed by atoms with Crippen molar-refractivity contribution >= 4 is 35.2 Å². The Morgan fingerprint density at radius 1 is 0.907 bits per heavy atom. The topological polar surface area (TPSA) is 180 Å². The van der Waals surface area contributed by atoms with Crippen molar-refractivity contribution in [1.82, 2.24) is 10.2 Å². The Labute approximate surface area is 251 Å². The van der Waals surface area contributed by atoms with Crippen molar-refractivity contribution in [2.75, 3.05) is 38.3 Å². The van der Waals surface area contributed by atoms with Gasteiger partial charge in [0.05, 0.1) is 16.8 Å². The van der Waals surface area contributed by atoms with Gasteiger partial charge in [-0.15, -0.1) is 0 Å². The Kier molecular flexibility index (Phi) is 14.6. The van der Waals surface area contributed by atoms with E-state index in [0.717, 1.165) is 75.9 Å². The van der Waals surface area contributed by atoms with E-state index in [4.69, 9.17) is 15.0 Å². The fraction of sp³-hybridized carbons (Fsp3) is 0.633. The van der Waals surface area contributed by atoms with Gasteiger partial charge in [0.25, 0.3) is 11.8 Å². The summed E-state index contributed by atoms with van der Waals surface area (Å²) in [5.41, 5.74) is 8.66. The second-order valence-corrected chi connectivity index (χ2v) is 10.7. The molecule has 2 heterocycles. The first-order valence-corrected chi connectivity index (χ1v) is 15.2. The highest BCUT2D eigenvalue weighted by molar-refractivity contribution is 6.26. The molecule has 0 spiro atoms. The van der Waals surface area contributed by atoms with E-state index in [1.165, 1.54) is 6.07 Å². The molecule has 1 aromatic carbocycles. The Morgan fingerprint density at radius 3 is 2.19 bits per heavy atom. The number of unbranched alkanes of at least 4 members (excludes halogenated alkanes) is 7. The van der Waals surface area contributed by atoms with Crippen molar-refractivity contribution in [1.29, 1.82) is 0 Å². The van der Waals surface area contributed by atoms with Gasteiger partial charge in [-0.25, -0.2) is 0 Å². The number of rotatable bonds is 21. The quantitative estimate of drug-likeness (QED) is 0.0678. The Morgan fingerprint density at radius 2 is 1.53 bits per heavy atom. The molecule has 5 amide bonds. The van der Waals surface area contributed by atoms with Crippen LogP contribution < -0.4 is 10.6 Å². The Hall–Kier alpha value is -3.80. The molecular formula is C30H42N6O7. The number of nitrogens with zero attached hydrogens (tertiary/aromatic N) is 4. The van der Waals surface area contributed by atoms with Gasteiger partial charge in [0.2, 0.25) is 17.7 Å². The molecule has 13 nitrogen and oxygen atoms in total. The van der Waals surface area contributed by atoms with E-state index in [1.807, 2.05) is 0 Å². The van der Waals surface area contributed by atoms with E-state index in [0.29, 0.717) is 26.2 Å². The van der Waals surface area contributed by atoms with Gasteiger partial charge in [-0.05, 0) is 69.0 Å². The molecule has 1 saturated heterocycles. The molecule has 234 valence electrons. The van der Waals surface area contributed by atoms with Crippen molar-refractivity contribution in [2.24, 2.45) is 5.11 Å². The predicted octanol–water partition coefficient (Wildman–Crippen LogP) is 4.66. The Balaban J connectivity index is 1.22. The van der Waals surface area contributed by atoms with E-state index >= 15 is 0 Å². The zero-order valence-electron chi connectivity index (χ0n) is 24.7. The summed E-state index contributed by atoms with van der Waals surface area (Å²) in [5, 5.41) is 8.44. The highest BCUT2D eigenvalue weighted by atomic mass is 16.5. The third kappa shape index (κ3) is 10.8. The van der Waals surface area contributed by atoms with Crippen molar-refractivity contribution in [3.63, 3.8) is 0 Å². The molecule has 1 aromatic rings. The van der Waals surface area contributed by atoms with Crippen molar-refractivity contribution in [2.45, 2.75) is 89.5 Å². The fourth-order valence-corrected chi connectivity index (χ4v) is 5.07. The maximum absolute atomic E-state index is 13.1. The first-order valence-electron chi connectivity index (χ1n) is 15.2. The summed E-state index contributed by atoms with van der Waals surface area (Å²) in [4.78, 5) is 66.0. The number of carbonyl (C=O) groups is 5. The minimum absolute atomic E-state index is 0.0408. The van der Waals surface area contributed by atoms with Crippen molar-refractivity contribution in [3.8, 4) is 0 Å². The van der Waals surface area contributed by atoms with Crippen LogP contribution in [0, 0.1) is 0 Å². The average molecular weight is 599 g/mol. The number of benzene rings is 1. The summed E-state index contributed by atoms with van der Waals surface area (Å²) >= 11 is 0. The number of imide groups is 2. The number of nitrogens with one attached hydrogen (secondary N) is 2. The zero-order chi connectivity index (χ0) is 30.9. The van der Waals surface area contributed by atoms with Gasteiger partial charge in [0.1, 0.15) is 6.04 Å². The molecule has 1 fully saturated rings. The number of anilines is 1. The smallest absolute Gasteiger partial charge is 0.264 e. The molecule has 2 N–H and O–H groups in total. The van der Waals surface area contributed by atoms with Crippen LogP contribution in [0.3, 0.4) is 0 Å². The first kappa shape index (κ1) is 33.7. The van der Waals surface area contributed by atoms with Crippen LogP contribution in [-0.2, 0) is 23.9 Å². The lowest BCUT2D eigenvalue weighted by Crippen LogP contribution is -2.54. The van der Waals surface area contributed by atoms with Crippen molar-refractivity contribution in [3.05, 3.63) is 39.8 Å². The van der Waals surface area contributed by atoms with Gasteiger partial charge in [-0.1, -0.05) is 30.4 Å². The standard InChI is InChI=1S/C30H42N6O7/c31-35-32-17-6-1-2-7-18-42-20-9-4-10-21-43-19-8-3-5-14-25(37)33-23-13-11-12-22-27(23)30(41)36(29(22)40)24-15-16-26(38)34-28(24)39/h11-13,24H,1-10,14-21H2,(H,33,37)(H,34,38,39). The molecule has 13 heteroatoms. The molecule has 0 radical (unpaired) electrons. The predicted molar refractivity (Wildman–Crippen MR) is 158 cm³/mol. The Bertz CT molecular complexity index is 1180. The van der Waals surface area contributed by atoms with Crippen LogP contribution in [0.2, 0.25) is 0 Å². The molecule has 0 aromatic heterocycles. The fourth-order valence-electron chi connectivity index (χ4n) is 5.07. The van der Waals surface area contributed by atoms with Crippen LogP contribution in [-0.4, -0.2) is 73.4 Å². The minimum atomic E-state index is -1.06. The number of azide groups is 1. The van der Waals surface area contributed by atoms with E-state index in [2.05, 4.69) is 20.7 Å². The number of hydrogen-bond donors (Lipinski definition) is 2. The van der Waals surface area contributed by atoms with E-state index in [-0.39, 0.29) is 42.0 Å². The average Bonchev–Trinajstić information content (AvgIpc) is 3.24. The van der Waals surface area contributed by atoms with Crippen LogP contribution in [0.15, 0.2) is 23.3 Å². The highest BCUT2D eigenvalue weighted by Gasteiger charge is 2.45. The van der Waals surface area contributed by atoms with E-state index in [9.17, 15) is 24.0 Å². The van der Waals surface area contributed by atoms with Gasteiger partial charge in [0.15, 0.2) is 0 Å². The SMILES string of the molecule is [N-]=[N+]=NCCCCCCOCCCCCOCCCCCC(=O)Nc1cccc2c1C(=O)N(C1CCC(=O)NC1=O)C2=O. The lowest BCUT2D eigenvalue weighted by atomic mass is 10.0. The maximum Gasteiger partial charge on any atom is 0.264 e. The third-order valence-corrected chi connectivity index (χ3v) is 7.37. The number of piperidine rings is 1. The van der Waals surface area contributed by atoms with E-state index < -0.39 is 29.7 Å². The maximum atomic E-state index is 13.1. The minimum Gasteiger partial charge on any atom is -0.381 e. The summed E-state index contributed by atoms with van der Waals surface area (Å²) in [5.74, 6) is -2.63. The lowest BCUT2D eigenvalue weighted by molar-refractivity contribution is -0.136. The van der Waals surface area contributed by atoms with Crippen LogP contribution >= 0.6 is 0 Å².